The molecule has 0 aliphatic rings. The minimum absolute atomic E-state index is 0.799. The van der Waals surface area contributed by atoms with Crippen molar-refractivity contribution < 1.29 is 0 Å². The highest BCUT2D eigenvalue weighted by Gasteiger charge is 2.14. The number of fused-ring (bicyclic) bond motifs is 1. The number of halogens is 1. The largest absolute Gasteiger partial charge is 0.252 e. The number of rotatable bonds is 3. The van der Waals surface area contributed by atoms with Crippen molar-refractivity contribution in [1.82, 2.24) is 4.98 Å². The summed E-state index contributed by atoms with van der Waals surface area (Å²) in [4.78, 5) is 4.72. The Morgan fingerprint density at radius 2 is 2.06 bits per heavy atom. The number of pyridine rings is 1. The van der Waals surface area contributed by atoms with E-state index in [0.29, 0.717) is 0 Å². The molecular weight excluding hydrogens is 242 g/mol. The zero-order valence-electron chi connectivity index (χ0n) is 11.2. The van der Waals surface area contributed by atoms with Crippen LogP contribution in [0.3, 0.4) is 0 Å². The Kier molecular flexibility index (Phi) is 3.72. The van der Waals surface area contributed by atoms with E-state index in [9.17, 15) is 0 Å². The van der Waals surface area contributed by atoms with Gasteiger partial charge in [0.05, 0.1) is 10.5 Å². The van der Waals surface area contributed by atoms with Crippen molar-refractivity contribution in [3.8, 4) is 0 Å². The van der Waals surface area contributed by atoms with E-state index in [0.717, 1.165) is 45.6 Å². The molecule has 0 spiro atoms. The van der Waals surface area contributed by atoms with Crippen LogP contribution in [-0.2, 0) is 6.42 Å². The van der Waals surface area contributed by atoms with Crippen LogP contribution in [0.1, 0.15) is 37.1 Å². The lowest BCUT2D eigenvalue weighted by molar-refractivity contribution is 1.04. The van der Waals surface area contributed by atoms with Gasteiger partial charge in [0.25, 0.3) is 0 Å². The molecule has 0 atom stereocenters. The Labute approximate surface area is 114 Å². The van der Waals surface area contributed by atoms with E-state index in [1.807, 2.05) is 6.07 Å². The molecule has 1 nitrogen and oxygen atoms in total. The van der Waals surface area contributed by atoms with Gasteiger partial charge >= 0.3 is 0 Å². The summed E-state index contributed by atoms with van der Waals surface area (Å²) in [6.45, 7) is 10.4. The molecular formula is C16H18ClN. The SMILES string of the molecule is C=C(CC)c1c(CC)nc2ccc(C)cc2c1Cl. The molecule has 1 aromatic heterocycles. The zero-order chi connectivity index (χ0) is 13.3. The fraction of sp³-hybridized carbons (Fsp3) is 0.312. The van der Waals surface area contributed by atoms with Crippen molar-refractivity contribution in [2.75, 3.05) is 0 Å². The molecule has 0 aliphatic heterocycles. The first-order valence-electron chi connectivity index (χ1n) is 6.35. The maximum Gasteiger partial charge on any atom is 0.0720 e. The monoisotopic (exact) mass is 259 g/mol. The minimum atomic E-state index is 0.799. The predicted molar refractivity (Wildman–Crippen MR) is 80.2 cm³/mol. The first-order chi connectivity index (χ1) is 8.58. The molecule has 2 rings (SSSR count). The summed E-state index contributed by atoms with van der Waals surface area (Å²) >= 11 is 6.57. The fourth-order valence-electron chi connectivity index (χ4n) is 2.18. The van der Waals surface area contributed by atoms with Gasteiger partial charge < -0.3 is 0 Å². The Morgan fingerprint density at radius 3 is 2.67 bits per heavy atom. The van der Waals surface area contributed by atoms with Crippen LogP contribution < -0.4 is 0 Å². The Balaban J connectivity index is 2.83. The highest BCUT2D eigenvalue weighted by molar-refractivity contribution is 6.37. The molecule has 1 heterocycles. The topological polar surface area (TPSA) is 12.9 Å². The summed E-state index contributed by atoms with van der Waals surface area (Å²) in [5.41, 5.74) is 5.31. The van der Waals surface area contributed by atoms with E-state index >= 15 is 0 Å². The summed E-state index contributed by atoms with van der Waals surface area (Å²) < 4.78 is 0. The quantitative estimate of drug-likeness (QED) is 0.740. The van der Waals surface area contributed by atoms with Crippen LogP contribution in [0.15, 0.2) is 24.8 Å². The smallest absolute Gasteiger partial charge is 0.0720 e. The molecule has 2 aromatic rings. The molecule has 0 fully saturated rings. The van der Waals surface area contributed by atoms with Gasteiger partial charge in [0.15, 0.2) is 0 Å². The average Bonchev–Trinajstić information content (AvgIpc) is 2.38. The highest BCUT2D eigenvalue weighted by Crippen LogP contribution is 2.34. The second-order valence-corrected chi connectivity index (χ2v) is 4.96. The first kappa shape index (κ1) is 13.1. The van der Waals surface area contributed by atoms with Gasteiger partial charge in [0.1, 0.15) is 0 Å². The second kappa shape index (κ2) is 5.11. The molecule has 0 aliphatic carbocycles. The number of benzene rings is 1. The summed E-state index contributed by atoms with van der Waals surface area (Å²) in [6.07, 6.45) is 1.77. The van der Waals surface area contributed by atoms with Gasteiger partial charge in [-0.3, -0.25) is 4.98 Å². The highest BCUT2D eigenvalue weighted by atomic mass is 35.5. The summed E-state index contributed by atoms with van der Waals surface area (Å²) in [7, 11) is 0. The molecule has 0 saturated heterocycles. The zero-order valence-corrected chi connectivity index (χ0v) is 11.9. The third-order valence-electron chi connectivity index (χ3n) is 3.27. The van der Waals surface area contributed by atoms with Crippen molar-refractivity contribution in [3.63, 3.8) is 0 Å². The number of allylic oxidation sites excluding steroid dienone is 1. The van der Waals surface area contributed by atoms with E-state index in [4.69, 9.17) is 16.6 Å². The van der Waals surface area contributed by atoms with Crippen LogP contribution in [-0.4, -0.2) is 4.98 Å². The van der Waals surface area contributed by atoms with Gasteiger partial charge in [-0.25, -0.2) is 0 Å². The molecule has 94 valence electrons. The Hall–Kier alpha value is -1.34. The third-order valence-corrected chi connectivity index (χ3v) is 3.66. The van der Waals surface area contributed by atoms with E-state index in [2.05, 4.69) is 39.5 Å². The molecule has 1 aromatic carbocycles. The number of hydrogen-bond donors (Lipinski definition) is 0. The molecule has 0 N–H and O–H groups in total. The third kappa shape index (κ3) is 2.15. The van der Waals surface area contributed by atoms with E-state index in [1.54, 1.807) is 0 Å². The van der Waals surface area contributed by atoms with Crippen LogP contribution >= 0.6 is 11.6 Å². The average molecular weight is 260 g/mol. The molecule has 0 radical (unpaired) electrons. The summed E-state index contributed by atoms with van der Waals surface area (Å²) in [5.74, 6) is 0. The van der Waals surface area contributed by atoms with Gasteiger partial charge in [-0.05, 0) is 37.5 Å². The molecule has 18 heavy (non-hydrogen) atoms. The maximum atomic E-state index is 6.57. The number of aromatic nitrogens is 1. The summed E-state index contributed by atoms with van der Waals surface area (Å²) in [5, 5.41) is 1.82. The van der Waals surface area contributed by atoms with Crippen molar-refractivity contribution in [3.05, 3.63) is 46.6 Å². The first-order valence-corrected chi connectivity index (χ1v) is 6.73. The molecule has 0 amide bonds. The molecule has 0 unspecified atom stereocenters. The normalized spacial score (nSPS) is 10.9. The number of nitrogens with zero attached hydrogens (tertiary/aromatic N) is 1. The van der Waals surface area contributed by atoms with Crippen molar-refractivity contribution in [2.24, 2.45) is 0 Å². The molecule has 0 saturated carbocycles. The molecule has 2 heteroatoms. The summed E-state index contributed by atoms with van der Waals surface area (Å²) in [6, 6.07) is 6.20. The van der Waals surface area contributed by atoms with Crippen LogP contribution in [0.5, 0.6) is 0 Å². The Morgan fingerprint density at radius 1 is 1.33 bits per heavy atom. The predicted octanol–water partition coefficient (Wildman–Crippen LogP) is 5.18. The van der Waals surface area contributed by atoms with E-state index < -0.39 is 0 Å². The van der Waals surface area contributed by atoms with Gasteiger partial charge in [-0.2, -0.15) is 0 Å². The lowest BCUT2D eigenvalue weighted by Gasteiger charge is -2.14. The Bertz CT molecular complexity index is 614. The lowest BCUT2D eigenvalue weighted by Crippen LogP contribution is -1.98. The van der Waals surface area contributed by atoms with Crippen LogP contribution in [0.25, 0.3) is 16.5 Å². The van der Waals surface area contributed by atoms with Crippen LogP contribution in [0.2, 0.25) is 5.02 Å². The fourth-order valence-corrected chi connectivity index (χ4v) is 2.57. The van der Waals surface area contributed by atoms with Crippen molar-refractivity contribution >= 4 is 28.1 Å². The maximum absolute atomic E-state index is 6.57. The van der Waals surface area contributed by atoms with Gasteiger partial charge in [0, 0.05) is 16.6 Å². The van der Waals surface area contributed by atoms with Gasteiger partial charge in [-0.1, -0.05) is 43.7 Å². The van der Waals surface area contributed by atoms with Gasteiger partial charge in [0.2, 0.25) is 0 Å². The number of aryl methyl sites for hydroxylation is 2. The van der Waals surface area contributed by atoms with Crippen molar-refractivity contribution in [2.45, 2.75) is 33.6 Å². The van der Waals surface area contributed by atoms with Gasteiger partial charge in [-0.15, -0.1) is 0 Å². The second-order valence-electron chi connectivity index (χ2n) is 4.58. The minimum Gasteiger partial charge on any atom is -0.252 e. The van der Waals surface area contributed by atoms with Crippen LogP contribution in [0.4, 0.5) is 0 Å². The van der Waals surface area contributed by atoms with E-state index in [1.165, 1.54) is 5.56 Å². The molecule has 0 bridgehead atoms. The number of hydrogen-bond acceptors (Lipinski definition) is 1. The van der Waals surface area contributed by atoms with Crippen molar-refractivity contribution in [1.29, 1.82) is 0 Å². The lowest BCUT2D eigenvalue weighted by atomic mass is 9.99. The van der Waals surface area contributed by atoms with Crippen LogP contribution in [0, 0.1) is 6.92 Å². The standard InChI is InChI=1S/C16H18ClN/c1-5-11(4)15-13(6-2)18-14-8-7-10(3)9-12(14)16(15)17/h7-9H,4-6H2,1-3H3. The van der Waals surface area contributed by atoms with E-state index in [-0.39, 0.29) is 0 Å².